The van der Waals surface area contributed by atoms with Gasteiger partial charge in [0.1, 0.15) is 0 Å². The monoisotopic (exact) mass is 434 g/mol. The number of rotatable bonds is 7. The summed E-state index contributed by atoms with van der Waals surface area (Å²) in [5.41, 5.74) is 4.18. The van der Waals surface area contributed by atoms with Gasteiger partial charge in [0, 0.05) is 23.9 Å². The van der Waals surface area contributed by atoms with Crippen LogP contribution < -0.4 is 5.32 Å². The lowest BCUT2D eigenvalue weighted by Crippen LogP contribution is -2.26. The normalized spacial score (nSPS) is 10.8. The van der Waals surface area contributed by atoms with Crippen LogP contribution >= 0.6 is 0 Å². The molecule has 5 rings (SSSR count). The van der Waals surface area contributed by atoms with Crippen molar-refractivity contribution in [3.05, 3.63) is 115 Å². The smallest absolute Gasteiger partial charge is 0.252 e. The Morgan fingerprint density at radius 3 is 2.42 bits per heavy atom. The highest BCUT2D eigenvalue weighted by Gasteiger charge is 2.16. The van der Waals surface area contributed by atoms with E-state index < -0.39 is 0 Å². The van der Waals surface area contributed by atoms with Gasteiger partial charge in [-0.1, -0.05) is 60.7 Å². The zero-order valence-electron chi connectivity index (χ0n) is 17.9. The number of carbonyl (C=O) groups is 1. The minimum absolute atomic E-state index is 0.166. The molecule has 5 aromatic rings. The molecule has 2 aromatic heterocycles. The summed E-state index contributed by atoms with van der Waals surface area (Å²) in [5.74, 6) is 0.917. The Kier molecular flexibility index (Phi) is 5.80. The summed E-state index contributed by atoms with van der Waals surface area (Å²) < 4.78 is 7.80. The lowest BCUT2D eigenvalue weighted by molar-refractivity contribution is 0.0954. The maximum Gasteiger partial charge on any atom is 0.252 e. The van der Waals surface area contributed by atoms with Crippen molar-refractivity contribution in [1.29, 1.82) is 0 Å². The number of aromatic nitrogens is 3. The van der Waals surface area contributed by atoms with E-state index in [2.05, 4.69) is 15.4 Å². The highest BCUT2D eigenvalue weighted by molar-refractivity contribution is 6.00. The summed E-state index contributed by atoms with van der Waals surface area (Å²) in [6.07, 6.45) is 6.17. The molecule has 0 atom stereocenters. The third kappa shape index (κ3) is 4.60. The first-order chi connectivity index (χ1) is 16.3. The van der Waals surface area contributed by atoms with Crippen LogP contribution in [0.25, 0.3) is 28.5 Å². The van der Waals surface area contributed by atoms with Gasteiger partial charge in [-0.2, -0.15) is 5.10 Å². The lowest BCUT2D eigenvalue weighted by atomic mass is 10.1. The largest absolute Gasteiger partial charge is 0.436 e. The van der Waals surface area contributed by atoms with Crippen molar-refractivity contribution in [3.63, 3.8) is 0 Å². The lowest BCUT2D eigenvalue weighted by Gasteiger charge is -2.08. The van der Waals surface area contributed by atoms with E-state index in [4.69, 9.17) is 4.42 Å². The molecule has 1 N–H and O–H groups in total. The predicted molar refractivity (Wildman–Crippen MR) is 127 cm³/mol. The molecular formula is C27H22N4O2. The zero-order chi connectivity index (χ0) is 22.5. The van der Waals surface area contributed by atoms with E-state index in [0.717, 1.165) is 16.8 Å². The van der Waals surface area contributed by atoms with Crippen molar-refractivity contribution in [2.45, 2.75) is 6.42 Å². The Bertz CT molecular complexity index is 1360. The van der Waals surface area contributed by atoms with Crippen molar-refractivity contribution in [2.75, 3.05) is 6.54 Å². The van der Waals surface area contributed by atoms with Gasteiger partial charge in [-0.3, -0.25) is 4.79 Å². The minimum atomic E-state index is -0.166. The molecule has 1 amide bonds. The Labute approximate surface area is 191 Å². The van der Waals surface area contributed by atoms with Crippen molar-refractivity contribution in [3.8, 4) is 28.5 Å². The van der Waals surface area contributed by atoms with Gasteiger partial charge in [0.15, 0.2) is 5.76 Å². The number of nitrogens with one attached hydrogen (secondary N) is 1. The van der Waals surface area contributed by atoms with Gasteiger partial charge in [-0.25, -0.2) is 9.67 Å². The second kappa shape index (κ2) is 9.36. The number of oxazole rings is 1. The number of carbonyl (C=O) groups excluding carboxylic acids is 1. The average molecular weight is 434 g/mol. The van der Waals surface area contributed by atoms with Gasteiger partial charge >= 0.3 is 0 Å². The molecule has 162 valence electrons. The predicted octanol–water partition coefficient (Wildman–Crippen LogP) is 5.17. The van der Waals surface area contributed by atoms with Gasteiger partial charge in [-0.05, 0) is 36.2 Å². The van der Waals surface area contributed by atoms with Crippen LogP contribution in [0.1, 0.15) is 15.9 Å². The first kappa shape index (κ1) is 20.5. The molecule has 6 nitrogen and oxygen atoms in total. The van der Waals surface area contributed by atoms with Crippen LogP contribution in [0.2, 0.25) is 0 Å². The van der Waals surface area contributed by atoms with E-state index in [0.29, 0.717) is 35.7 Å². The van der Waals surface area contributed by atoms with Crippen LogP contribution in [-0.2, 0) is 6.42 Å². The van der Waals surface area contributed by atoms with Crippen LogP contribution in [0.15, 0.2) is 108 Å². The molecule has 0 saturated heterocycles. The van der Waals surface area contributed by atoms with Gasteiger partial charge in [0.25, 0.3) is 5.91 Å². The van der Waals surface area contributed by atoms with Crippen LogP contribution in [0.4, 0.5) is 0 Å². The molecule has 2 heterocycles. The molecule has 0 radical (unpaired) electrons. The number of nitrogens with zero attached hydrogens (tertiary/aromatic N) is 3. The SMILES string of the molecule is O=C(NCCc1cnn(-c2ccccc2)c1)c1ccccc1-c1ncc(-c2ccccc2)o1. The molecule has 0 saturated carbocycles. The maximum atomic E-state index is 12.9. The quantitative estimate of drug-likeness (QED) is 0.384. The zero-order valence-corrected chi connectivity index (χ0v) is 17.9. The number of benzene rings is 3. The topological polar surface area (TPSA) is 73.0 Å². The van der Waals surface area contributed by atoms with Gasteiger partial charge < -0.3 is 9.73 Å². The van der Waals surface area contributed by atoms with Crippen LogP contribution in [0.5, 0.6) is 0 Å². The fraction of sp³-hybridized carbons (Fsp3) is 0.0741. The average Bonchev–Trinajstić information content (AvgIpc) is 3.56. The van der Waals surface area contributed by atoms with Crippen LogP contribution in [-0.4, -0.2) is 27.2 Å². The van der Waals surface area contributed by atoms with Crippen LogP contribution in [0.3, 0.4) is 0 Å². The molecule has 0 aliphatic rings. The summed E-state index contributed by atoms with van der Waals surface area (Å²) >= 11 is 0. The molecule has 0 aliphatic carbocycles. The summed E-state index contributed by atoms with van der Waals surface area (Å²) in [7, 11) is 0. The molecule has 0 bridgehead atoms. The van der Waals surface area contributed by atoms with E-state index in [1.807, 2.05) is 95.9 Å². The van der Waals surface area contributed by atoms with E-state index in [1.54, 1.807) is 12.3 Å². The minimum Gasteiger partial charge on any atom is -0.436 e. The third-order valence-corrected chi connectivity index (χ3v) is 5.32. The second-order valence-electron chi connectivity index (χ2n) is 7.58. The molecule has 0 aliphatic heterocycles. The molecular weight excluding hydrogens is 412 g/mol. The summed E-state index contributed by atoms with van der Waals surface area (Å²) in [4.78, 5) is 17.3. The van der Waals surface area contributed by atoms with Gasteiger partial charge in [-0.15, -0.1) is 0 Å². The second-order valence-corrected chi connectivity index (χ2v) is 7.58. The molecule has 6 heteroatoms. The standard InChI is InChI=1S/C27H22N4O2/c32-26(28-16-15-20-17-30-31(19-20)22-11-5-2-6-12-22)23-13-7-8-14-24(23)27-29-18-25(33-27)21-9-3-1-4-10-21/h1-14,17-19H,15-16H2,(H,28,32). The van der Waals surface area contributed by atoms with E-state index in [-0.39, 0.29) is 5.91 Å². The maximum absolute atomic E-state index is 12.9. The van der Waals surface area contributed by atoms with Crippen molar-refractivity contribution in [2.24, 2.45) is 0 Å². The fourth-order valence-corrected chi connectivity index (χ4v) is 3.63. The first-order valence-corrected chi connectivity index (χ1v) is 10.8. The van der Waals surface area contributed by atoms with E-state index in [9.17, 15) is 4.79 Å². The number of amides is 1. The number of para-hydroxylation sites is 1. The highest BCUT2D eigenvalue weighted by atomic mass is 16.4. The molecule has 0 spiro atoms. The number of hydrogen-bond acceptors (Lipinski definition) is 4. The van der Waals surface area contributed by atoms with Crippen molar-refractivity contribution in [1.82, 2.24) is 20.1 Å². The Morgan fingerprint density at radius 2 is 1.61 bits per heavy atom. The summed E-state index contributed by atoms with van der Waals surface area (Å²) in [5, 5.41) is 7.41. The summed E-state index contributed by atoms with van der Waals surface area (Å²) in [6.45, 7) is 0.495. The third-order valence-electron chi connectivity index (χ3n) is 5.32. The highest BCUT2D eigenvalue weighted by Crippen LogP contribution is 2.28. The van der Waals surface area contributed by atoms with Crippen molar-refractivity contribution >= 4 is 5.91 Å². The first-order valence-electron chi connectivity index (χ1n) is 10.8. The van der Waals surface area contributed by atoms with Gasteiger partial charge in [0.05, 0.1) is 23.6 Å². The summed E-state index contributed by atoms with van der Waals surface area (Å²) in [6, 6.07) is 27.0. The molecule has 3 aromatic carbocycles. The van der Waals surface area contributed by atoms with E-state index in [1.165, 1.54) is 0 Å². The molecule has 33 heavy (non-hydrogen) atoms. The Morgan fingerprint density at radius 1 is 0.879 bits per heavy atom. The fourth-order valence-electron chi connectivity index (χ4n) is 3.63. The Balaban J connectivity index is 1.26. The molecule has 0 unspecified atom stereocenters. The van der Waals surface area contributed by atoms with Crippen molar-refractivity contribution < 1.29 is 9.21 Å². The van der Waals surface area contributed by atoms with Gasteiger partial charge in [0.2, 0.25) is 5.89 Å². The Hall–Kier alpha value is -4.45. The molecule has 0 fully saturated rings. The van der Waals surface area contributed by atoms with E-state index >= 15 is 0 Å². The van der Waals surface area contributed by atoms with Crippen LogP contribution in [0, 0.1) is 0 Å². The number of hydrogen-bond donors (Lipinski definition) is 1.